The van der Waals surface area contributed by atoms with Crippen LogP contribution in [-0.4, -0.2) is 12.8 Å². The average molecular weight is 205 g/mol. The summed E-state index contributed by atoms with van der Waals surface area (Å²) in [6.45, 7) is 1.08. The predicted molar refractivity (Wildman–Crippen MR) is 61.9 cm³/mol. The van der Waals surface area contributed by atoms with Crippen molar-refractivity contribution < 1.29 is 4.74 Å². The summed E-state index contributed by atoms with van der Waals surface area (Å²) in [6.07, 6.45) is 6.56. The highest BCUT2D eigenvalue weighted by Gasteiger charge is 2.11. The molecule has 0 aromatic heterocycles. The number of ether oxygens (including phenoxy) is 1. The number of rotatable bonds is 2. The number of benzene rings is 1. The molecule has 1 heterocycles. The second kappa shape index (κ2) is 5.76. The van der Waals surface area contributed by atoms with Gasteiger partial charge in [-0.15, -0.1) is 0 Å². The van der Waals surface area contributed by atoms with Gasteiger partial charge in [0, 0.05) is 0 Å². The highest BCUT2D eigenvalue weighted by molar-refractivity contribution is 5.21. The van der Waals surface area contributed by atoms with E-state index in [1.165, 1.54) is 25.7 Å². The zero-order chi connectivity index (χ0) is 10.3. The maximum Gasteiger partial charge on any atom is 0.150 e. The lowest BCUT2D eigenvalue weighted by Gasteiger charge is -2.22. The maximum atomic E-state index is 5.88. The molecule has 0 saturated carbocycles. The fourth-order valence-electron chi connectivity index (χ4n) is 1.94. The molecule has 1 aromatic rings. The van der Waals surface area contributed by atoms with Crippen molar-refractivity contribution in [2.75, 3.05) is 6.54 Å². The first kappa shape index (κ1) is 10.5. The van der Waals surface area contributed by atoms with Gasteiger partial charge in [0.25, 0.3) is 0 Å². The molecule has 82 valence electrons. The molecule has 0 aliphatic carbocycles. The molecule has 0 radical (unpaired) electrons. The second-order valence-electron chi connectivity index (χ2n) is 4.08. The van der Waals surface area contributed by atoms with Crippen LogP contribution >= 0.6 is 0 Å². The van der Waals surface area contributed by atoms with Gasteiger partial charge in [0.05, 0.1) is 0 Å². The zero-order valence-electron chi connectivity index (χ0n) is 9.11. The van der Waals surface area contributed by atoms with Crippen LogP contribution in [0.15, 0.2) is 30.3 Å². The first-order valence-electron chi connectivity index (χ1n) is 5.90. The van der Waals surface area contributed by atoms with Crippen LogP contribution in [0.2, 0.25) is 0 Å². The van der Waals surface area contributed by atoms with Crippen molar-refractivity contribution in [3.05, 3.63) is 30.3 Å². The van der Waals surface area contributed by atoms with Crippen molar-refractivity contribution in [2.24, 2.45) is 0 Å². The van der Waals surface area contributed by atoms with E-state index in [0.29, 0.717) is 0 Å². The molecule has 1 saturated heterocycles. The number of hydrogen-bond donors (Lipinski definition) is 1. The normalized spacial score (nSPS) is 22.8. The van der Waals surface area contributed by atoms with E-state index in [1.807, 2.05) is 30.3 Å². The van der Waals surface area contributed by atoms with E-state index in [-0.39, 0.29) is 6.23 Å². The van der Waals surface area contributed by atoms with Gasteiger partial charge in [-0.05, 0) is 37.9 Å². The van der Waals surface area contributed by atoms with Crippen LogP contribution in [0.3, 0.4) is 0 Å². The highest BCUT2D eigenvalue weighted by atomic mass is 16.5. The van der Waals surface area contributed by atoms with Crippen LogP contribution in [0.4, 0.5) is 0 Å². The quantitative estimate of drug-likeness (QED) is 0.801. The standard InChI is InChI=1S/C13H19NO/c1-2-7-11-14-13(10-6-1)15-12-8-4-3-5-9-12/h3-5,8-9,13-14H,1-2,6-7,10-11H2. The Morgan fingerprint density at radius 3 is 2.67 bits per heavy atom. The van der Waals surface area contributed by atoms with Crippen LogP contribution in [0.5, 0.6) is 5.75 Å². The van der Waals surface area contributed by atoms with Crippen molar-refractivity contribution >= 4 is 0 Å². The van der Waals surface area contributed by atoms with Gasteiger partial charge in [-0.2, -0.15) is 0 Å². The third-order valence-electron chi connectivity index (χ3n) is 2.79. The molecule has 1 atom stereocenters. The summed E-state index contributed by atoms with van der Waals surface area (Å²) in [5.74, 6) is 0.968. The van der Waals surface area contributed by atoms with Crippen LogP contribution in [-0.2, 0) is 0 Å². The topological polar surface area (TPSA) is 21.3 Å². The van der Waals surface area contributed by atoms with E-state index in [0.717, 1.165) is 18.7 Å². The molecule has 2 rings (SSSR count). The highest BCUT2D eigenvalue weighted by Crippen LogP contribution is 2.15. The molecule has 1 N–H and O–H groups in total. The van der Waals surface area contributed by atoms with Crippen molar-refractivity contribution in [3.63, 3.8) is 0 Å². The monoisotopic (exact) mass is 205 g/mol. The fourth-order valence-corrected chi connectivity index (χ4v) is 1.94. The van der Waals surface area contributed by atoms with Gasteiger partial charge in [0.2, 0.25) is 0 Å². The summed E-state index contributed by atoms with van der Waals surface area (Å²) in [6, 6.07) is 10.1. The van der Waals surface area contributed by atoms with Crippen molar-refractivity contribution in [1.82, 2.24) is 5.32 Å². The van der Waals surface area contributed by atoms with Crippen LogP contribution in [0.25, 0.3) is 0 Å². The minimum absolute atomic E-state index is 0.202. The minimum atomic E-state index is 0.202. The van der Waals surface area contributed by atoms with Crippen LogP contribution < -0.4 is 10.1 Å². The Balaban J connectivity index is 1.86. The number of para-hydroxylation sites is 1. The lowest BCUT2D eigenvalue weighted by Crippen LogP contribution is -2.36. The lowest BCUT2D eigenvalue weighted by atomic mass is 10.1. The summed E-state index contributed by atoms with van der Waals surface area (Å²) < 4.78 is 5.88. The fraction of sp³-hybridized carbons (Fsp3) is 0.538. The summed E-state index contributed by atoms with van der Waals surface area (Å²) in [5.41, 5.74) is 0. The Labute approximate surface area is 91.6 Å². The summed E-state index contributed by atoms with van der Waals surface area (Å²) in [7, 11) is 0. The molecular formula is C13H19NO. The molecule has 1 aliphatic rings. The SMILES string of the molecule is c1ccc(OC2CCCCCCN2)cc1. The molecular weight excluding hydrogens is 186 g/mol. The Kier molecular flexibility index (Phi) is 4.03. The van der Waals surface area contributed by atoms with E-state index in [2.05, 4.69) is 5.32 Å². The molecule has 15 heavy (non-hydrogen) atoms. The minimum Gasteiger partial charge on any atom is -0.475 e. The first-order chi connectivity index (χ1) is 7.45. The Bertz CT molecular complexity index is 265. The molecule has 0 spiro atoms. The van der Waals surface area contributed by atoms with E-state index >= 15 is 0 Å². The molecule has 0 amide bonds. The van der Waals surface area contributed by atoms with E-state index in [1.54, 1.807) is 0 Å². The molecule has 2 heteroatoms. The van der Waals surface area contributed by atoms with Crippen LogP contribution in [0.1, 0.15) is 32.1 Å². The smallest absolute Gasteiger partial charge is 0.150 e. The number of nitrogens with one attached hydrogen (secondary N) is 1. The summed E-state index contributed by atoms with van der Waals surface area (Å²) >= 11 is 0. The molecule has 1 fully saturated rings. The molecule has 1 aliphatic heterocycles. The predicted octanol–water partition coefficient (Wildman–Crippen LogP) is 2.95. The second-order valence-corrected chi connectivity index (χ2v) is 4.08. The van der Waals surface area contributed by atoms with Gasteiger partial charge in [-0.25, -0.2) is 0 Å². The van der Waals surface area contributed by atoms with Gasteiger partial charge in [0.15, 0.2) is 0 Å². The largest absolute Gasteiger partial charge is 0.475 e. The zero-order valence-corrected chi connectivity index (χ0v) is 9.11. The van der Waals surface area contributed by atoms with E-state index in [4.69, 9.17) is 4.74 Å². The summed E-state index contributed by atoms with van der Waals surface area (Å²) in [5, 5.41) is 3.45. The van der Waals surface area contributed by atoms with Gasteiger partial charge < -0.3 is 4.74 Å². The van der Waals surface area contributed by atoms with Crippen LogP contribution in [0, 0.1) is 0 Å². The van der Waals surface area contributed by atoms with Gasteiger partial charge in [-0.1, -0.05) is 31.0 Å². The van der Waals surface area contributed by atoms with Gasteiger partial charge >= 0.3 is 0 Å². The van der Waals surface area contributed by atoms with Gasteiger partial charge in [0.1, 0.15) is 12.0 Å². The van der Waals surface area contributed by atoms with Crippen molar-refractivity contribution in [1.29, 1.82) is 0 Å². The third-order valence-corrected chi connectivity index (χ3v) is 2.79. The molecule has 2 nitrogen and oxygen atoms in total. The average Bonchev–Trinajstić information content (AvgIpc) is 2.23. The van der Waals surface area contributed by atoms with Gasteiger partial charge in [-0.3, -0.25) is 5.32 Å². The molecule has 1 aromatic carbocycles. The molecule has 1 unspecified atom stereocenters. The Morgan fingerprint density at radius 2 is 1.80 bits per heavy atom. The van der Waals surface area contributed by atoms with E-state index < -0.39 is 0 Å². The van der Waals surface area contributed by atoms with Crippen molar-refractivity contribution in [3.8, 4) is 5.75 Å². The maximum absolute atomic E-state index is 5.88. The van der Waals surface area contributed by atoms with Crippen molar-refractivity contribution in [2.45, 2.75) is 38.3 Å². The first-order valence-corrected chi connectivity index (χ1v) is 5.90. The number of hydrogen-bond acceptors (Lipinski definition) is 2. The summed E-state index contributed by atoms with van der Waals surface area (Å²) in [4.78, 5) is 0. The third kappa shape index (κ3) is 3.56. The van der Waals surface area contributed by atoms with E-state index in [9.17, 15) is 0 Å². The Hall–Kier alpha value is -1.02. The Morgan fingerprint density at radius 1 is 1.00 bits per heavy atom. The molecule has 0 bridgehead atoms. The lowest BCUT2D eigenvalue weighted by molar-refractivity contribution is 0.144.